The molecule has 102 valence electrons. The lowest BCUT2D eigenvalue weighted by Crippen LogP contribution is -2.27. The van der Waals surface area contributed by atoms with Gasteiger partial charge in [-0.15, -0.1) is 12.4 Å². The number of nitrogens with two attached hydrogens (primary N) is 1. The highest BCUT2D eigenvalue weighted by Crippen LogP contribution is 2.21. The summed E-state index contributed by atoms with van der Waals surface area (Å²) in [5.74, 6) is -0.431. The third-order valence-electron chi connectivity index (χ3n) is 2.72. The van der Waals surface area contributed by atoms with Gasteiger partial charge in [0.25, 0.3) is 0 Å². The zero-order valence-corrected chi connectivity index (χ0v) is 11.4. The zero-order valence-electron chi connectivity index (χ0n) is 10.6. The van der Waals surface area contributed by atoms with Crippen LogP contribution < -0.4 is 5.73 Å². The molecule has 5 heteroatoms. The summed E-state index contributed by atoms with van der Waals surface area (Å²) in [4.78, 5) is 11.6. The van der Waals surface area contributed by atoms with Gasteiger partial charge >= 0.3 is 5.97 Å². The first kappa shape index (κ1) is 16.9. The van der Waals surface area contributed by atoms with E-state index in [9.17, 15) is 9.90 Å². The van der Waals surface area contributed by atoms with Crippen LogP contribution in [0.1, 0.15) is 41.7 Å². The van der Waals surface area contributed by atoms with Crippen LogP contribution in [0.5, 0.6) is 0 Å². The summed E-state index contributed by atoms with van der Waals surface area (Å²) in [6.45, 7) is 1.97. The van der Waals surface area contributed by atoms with E-state index in [2.05, 4.69) is 0 Å². The van der Waals surface area contributed by atoms with E-state index in [1.165, 1.54) is 7.11 Å². The molecule has 0 unspecified atom stereocenters. The highest BCUT2D eigenvalue weighted by molar-refractivity contribution is 5.91. The fourth-order valence-corrected chi connectivity index (χ4v) is 1.77. The molecule has 0 aliphatic rings. The number of hydrogen-bond donors (Lipinski definition) is 2. The second-order valence-electron chi connectivity index (χ2n) is 3.96. The van der Waals surface area contributed by atoms with Crippen LogP contribution in [-0.4, -0.2) is 24.3 Å². The monoisotopic (exact) mass is 273 g/mol. The first-order chi connectivity index (χ1) is 8.11. The van der Waals surface area contributed by atoms with Crippen LogP contribution in [0, 0.1) is 0 Å². The van der Waals surface area contributed by atoms with Gasteiger partial charge in [0.2, 0.25) is 0 Å². The van der Waals surface area contributed by atoms with E-state index in [-0.39, 0.29) is 12.4 Å². The first-order valence-electron chi connectivity index (χ1n) is 5.72. The van der Waals surface area contributed by atoms with E-state index >= 15 is 0 Å². The second-order valence-corrected chi connectivity index (χ2v) is 3.96. The van der Waals surface area contributed by atoms with Gasteiger partial charge in [0, 0.05) is 0 Å². The predicted molar refractivity (Wildman–Crippen MR) is 72.9 cm³/mol. The largest absolute Gasteiger partial charge is 0.465 e. The maximum atomic E-state index is 11.6. The van der Waals surface area contributed by atoms with Gasteiger partial charge in [-0.1, -0.05) is 31.5 Å². The van der Waals surface area contributed by atoms with Crippen molar-refractivity contribution in [2.24, 2.45) is 5.73 Å². The molecule has 4 nitrogen and oxygen atoms in total. The standard InChI is InChI=1S/C13H19NO3.ClH/c1-3-6-11(15)12(14)9-7-4-5-8-10(9)13(16)17-2;/h4-5,7-8,11-12,15H,3,6,14H2,1-2H3;1H/t11-,12+;/m0./s1. The molecule has 0 aliphatic heterocycles. The van der Waals surface area contributed by atoms with Crippen molar-refractivity contribution in [2.75, 3.05) is 7.11 Å². The Balaban J connectivity index is 0.00000289. The SMILES string of the molecule is CCC[C@H](O)[C@H](N)c1ccccc1C(=O)OC.Cl. The van der Waals surface area contributed by atoms with E-state index in [0.717, 1.165) is 6.42 Å². The van der Waals surface area contributed by atoms with E-state index in [1.54, 1.807) is 24.3 Å². The van der Waals surface area contributed by atoms with Crippen molar-refractivity contribution in [3.05, 3.63) is 35.4 Å². The van der Waals surface area contributed by atoms with Gasteiger partial charge in [0.05, 0.1) is 24.8 Å². The number of ether oxygens (including phenoxy) is 1. The number of aliphatic hydroxyl groups excluding tert-OH is 1. The van der Waals surface area contributed by atoms with Crippen molar-refractivity contribution in [1.29, 1.82) is 0 Å². The molecule has 0 amide bonds. The Labute approximate surface area is 114 Å². The molecule has 0 fully saturated rings. The number of halogens is 1. The molecule has 1 rings (SSSR count). The van der Waals surface area contributed by atoms with Crippen molar-refractivity contribution in [3.8, 4) is 0 Å². The minimum absolute atomic E-state index is 0. The lowest BCUT2D eigenvalue weighted by molar-refractivity contribution is 0.0596. The van der Waals surface area contributed by atoms with E-state index in [1.807, 2.05) is 6.92 Å². The minimum atomic E-state index is -0.647. The summed E-state index contributed by atoms with van der Waals surface area (Å²) in [5.41, 5.74) is 7.00. The topological polar surface area (TPSA) is 72.5 Å². The molecule has 0 radical (unpaired) electrons. The number of rotatable bonds is 5. The third-order valence-corrected chi connectivity index (χ3v) is 2.72. The summed E-state index contributed by atoms with van der Waals surface area (Å²) >= 11 is 0. The summed E-state index contributed by atoms with van der Waals surface area (Å²) in [6, 6.07) is 6.37. The number of esters is 1. The summed E-state index contributed by atoms with van der Waals surface area (Å²) in [5, 5.41) is 9.87. The molecule has 0 bridgehead atoms. The van der Waals surface area contributed by atoms with Crippen LogP contribution in [0.15, 0.2) is 24.3 Å². The number of aliphatic hydroxyl groups is 1. The van der Waals surface area contributed by atoms with Crippen LogP contribution in [-0.2, 0) is 4.74 Å². The van der Waals surface area contributed by atoms with E-state index in [4.69, 9.17) is 10.5 Å². The van der Waals surface area contributed by atoms with E-state index in [0.29, 0.717) is 17.5 Å². The van der Waals surface area contributed by atoms with Crippen molar-refractivity contribution < 1.29 is 14.6 Å². The Kier molecular flexibility index (Phi) is 7.59. The molecule has 0 saturated heterocycles. The summed E-state index contributed by atoms with van der Waals surface area (Å²) in [6.07, 6.45) is 0.803. The van der Waals surface area contributed by atoms with Crippen LogP contribution >= 0.6 is 12.4 Å². The average Bonchev–Trinajstić information content (AvgIpc) is 2.37. The maximum absolute atomic E-state index is 11.6. The molecule has 3 N–H and O–H groups in total. The lowest BCUT2D eigenvalue weighted by atomic mass is 9.95. The first-order valence-corrected chi connectivity index (χ1v) is 5.72. The molecular weight excluding hydrogens is 254 g/mol. The fourth-order valence-electron chi connectivity index (χ4n) is 1.77. The number of carbonyl (C=O) groups excluding carboxylic acids is 1. The van der Waals surface area contributed by atoms with Gasteiger partial charge in [-0.3, -0.25) is 0 Å². The highest BCUT2D eigenvalue weighted by Gasteiger charge is 2.21. The number of hydrogen-bond acceptors (Lipinski definition) is 4. The molecule has 1 aromatic carbocycles. The smallest absolute Gasteiger partial charge is 0.338 e. The minimum Gasteiger partial charge on any atom is -0.465 e. The van der Waals surface area contributed by atoms with Crippen LogP contribution in [0.2, 0.25) is 0 Å². The zero-order chi connectivity index (χ0) is 12.8. The normalized spacial score (nSPS) is 13.3. The second kappa shape index (κ2) is 8.08. The number of carbonyl (C=O) groups is 1. The van der Waals surface area contributed by atoms with Gasteiger partial charge < -0.3 is 15.6 Å². The summed E-state index contributed by atoms with van der Waals surface area (Å²) in [7, 11) is 1.33. The molecule has 18 heavy (non-hydrogen) atoms. The highest BCUT2D eigenvalue weighted by atomic mass is 35.5. The van der Waals surface area contributed by atoms with Gasteiger partial charge in [-0.2, -0.15) is 0 Å². The number of benzene rings is 1. The van der Waals surface area contributed by atoms with Crippen LogP contribution in [0.3, 0.4) is 0 Å². The Hall–Kier alpha value is -1.10. The molecule has 0 aromatic heterocycles. The van der Waals surface area contributed by atoms with Crippen molar-refractivity contribution in [2.45, 2.75) is 31.9 Å². The number of methoxy groups -OCH3 is 1. The Morgan fingerprint density at radius 1 is 1.44 bits per heavy atom. The molecule has 0 spiro atoms. The summed E-state index contributed by atoms with van der Waals surface area (Å²) < 4.78 is 4.69. The van der Waals surface area contributed by atoms with Crippen LogP contribution in [0.4, 0.5) is 0 Å². The van der Waals surface area contributed by atoms with Crippen molar-refractivity contribution in [3.63, 3.8) is 0 Å². The van der Waals surface area contributed by atoms with Crippen molar-refractivity contribution in [1.82, 2.24) is 0 Å². The molecular formula is C13H20ClNO3. The predicted octanol–water partition coefficient (Wildman–Crippen LogP) is 2.06. The third kappa shape index (κ3) is 3.98. The fraction of sp³-hybridized carbons (Fsp3) is 0.462. The molecule has 0 aliphatic carbocycles. The van der Waals surface area contributed by atoms with Gasteiger partial charge in [-0.05, 0) is 18.1 Å². The molecule has 0 heterocycles. The lowest BCUT2D eigenvalue weighted by Gasteiger charge is -2.20. The molecule has 2 atom stereocenters. The maximum Gasteiger partial charge on any atom is 0.338 e. The Bertz CT molecular complexity index is 384. The molecule has 1 aromatic rings. The van der Waals surface area contributed by atoms with Crippen LogP contribution in [0.25, 0.3) is 0 Å². The quantitative estimate of drug-likeness (QED) is 0.806. The van der Waals surface area contributed by atoms with Gasteiger partial charge in [0.1, 0.15) is 0 Å². The average molecular weight is 274 g/mol. The van der Waals surface area contributed by atoms with Crippen molar-refractivity contribution >= 4 is 18.4 Å². The van der Waals surface area contributed by atoms with Gasteiger partial charge in [-0.25, -0.2) is 4.79 Å². The Morgan fingerprint density at radius 3 is 2.61 bits per heavy atom. The van der Waals surface area contributed by atoms with Gasteiger partial charge in [0.15, 0.2) is 0 Å². The van der Waals surface area contributed by atoms with E-state index < -0.39 is 18.1 Å². The molecule has 0 saturated carbocycles. The Morgan fingerprint density at radius 2 is 2.06 bits per heavy atom.